The van der Waals surface area contributed by atoms with Crippen LogP contribution in [-0.4, -0.2) is 94.2 Å². The van der Waals surface area contributed by atoms with Gasteiger partial charge in [-0.1, -0.05) is 17.7 Å². The second kappa shape index (κ2) is 12.9. The maximum absolute atomic E-state index is 12.7. The van der Waals surface area contributed by atoms with E-state index in [0.29, 0.717) is 10.9 Å². The van der Waals surface area contributed by atoms with Crippen molar-refractivity contribution in [2.45, 2.75) is 90.4 Å². The van der Waals surface area contributed by atoms with Crippen LogP contribution in [0.15, 0.2) is 30.5 Å². The quantitative estimate of drug-likeness (QED) is 0.212. The SMILES string of the molecule is Cc1ccc2c(cnn2C2CCCCO2)c1-c1cc2nc(C3CCN(C)CC3)nc(N3CCC4(CC3)CN(C(=O)OC(C)(C)C)C4)c2cc1Cl. The Labute approximate surface area is 300 Å². The minimum absolute atomic E-state index is 0.0414. The third-order valence-electron chi connectivity index (χ3n) is 11.4. The molecule has 0 N–H and O–H groups in total. The number of halogens is 1. The molecule has 2 aromatic carbocycles. The minimum atomic E-state index is -0.485. The molecule has 6 heterocycles. The molecule has 2 aromatic heterocycles. The molecule has 0 bridgehead atoms. The molecule has 4 aromatic rings. The van der Waals surface area contributed by atoms with Crippen LogP contribution in [0.5, 0.6) is 0 Å². The van der Waals surface area contributed by atoms with Crippen LogP contribution in [-0.2, 0) is 9.47 Å². The molecule has 50 heavy (non-hydrogen) atoms. The lowest BCUT2D eigenvalue weighted by Crippen LogP contribution is -2.62. The molecule has 1 atom stereocenters. The number of fused-ring (bicyclic) bond motifs is 2. The van der Waals surface area contributed by atoms with Crippen LogP contribution in [0.3, 0.4) is 0 Å². The second-order valence-corrected chi connectivity index (χ2v) is 16.7. The van der Waals surface area contributed by atoms with E-state index in [1.54, 1.807) is 0 Å². The first kappa shape index (κ1) is 33.7. The van der Waals surface area contributed by atoms with Gasteiger partial charge in [-0.2, -0.15) is 5.10 Å². The molecule has 1 spiro atoms. The maximum atomic E-state index is 12.7. The number of amides is 1. The average Bonchev–Trinajstić information content (AvgIpc) is 3.51. The van der Waals surface area contributed by atoms with Gasteiger partial charge in [0, 0.05) is 65.5 Å². The average molecular weight is 700 g/mol. The number of carbonyl (C=O) groups is 1. The number of carbonyl (C=O) groups excluding carboxylic acids is 1. The number of benzene rings is 2. The molecule has 266 valence electrons. The largest absolute Gasteiger partial charge is 0.444 e. The molecule has 8 rings (SSSR count). The molecule has 11 heteroatoms. The number of hydrogen-bond donors (Lipinski definition) is 0. The zero-order valence-corrected chi connectivity index (χ0v) is 30.9. The summed E-state index contributed by atoms with van der Waals surface area (Å²) in [5.74, 6) is 2.23. The zero-order valence-electron chi connectivity index (χ0n) is 30.2. The van der Waals surface area contributed by atoms with Crippen molar-refractivity contribution >= 4 is 45.3 Å². The van der Waals surface area contributed by atoms with Crippen LogP contribution < -0.4 is 4.90 Å². The van der Waals surface area contributed by atoms with Gasteiger partial charge in [-0.15, -0.1) is 0 Å². The van der Waals surface area contributed by atoms with Crippen molar-refractivity contribution in [1.82, 2.24) is 29.5 Å². The highest BCUT2D eigenvalue weighted by molar-refractivity contribution is 6.35. The van der Waals surface area contributed by atoms with E-state index < -0.39 is 5.60 Å². The number of piperidine rings is 2. The number of rotatable bonds is 4. The Hall–Kier alpha value is -3.47. The van der Waals surface area contributed by atoms with Gasteiger partial charge >= 0.3 is 6.09 Å². The lowest BCUT2D eigenvalue weighted by molar-refractivity contribution is -0.0434. The molecule has 0 radical (unpaired) electrons. The summed E-state index contributed by atoms with van der Waals surface area (Å²) >= 11 is 7.27. The van der Waals surface area contributed by atoms with Gasteiger partial charge in [0.2, 0.25) is 0 Å². The zero-order chi connectivity index (χ0) is 34.8. The summed E-state index contributed by atoms with van der Waals surface area (Å²) in [7, 11) is 2.19. The molecule has 1 amide bonds. The topological polar surface area (TPSA) is 88.9 Å². The van der Waals surface area contributed by atoms with E-state index in [0.717, 1.165) is 141 Å². The van der Waals surface area contributed by atoms with Gasteiger partial charge in [-0.05, 0) is 122 Å². The van der Waals surface area contributed by atoms with E-state index in [1.807, 2.05) is 36.5 Å². The van der Waals surface area contributed by atoms with E-state index in [2.05, 4.69) is 48.0 Å². The predicted molar refractivity (Wildman–Crippen MR) is 198 cm³/mol. The molecular weight excluding hydrogens is 650 g/mol. The fourth-order valence-corrected chi connectivity index (χ4v) is 8.75. The van der Waals surface area contributed by atoms with Crippen molar-refractivity contribution in [1.29, 1.82) is 0 Å². The van der Waals surface area contributed by atoms with Gasteiger partial charge in [0.1, 0.15) is 17.2 Å². The van der Waals surface area contributed by atoms with E-state index in [4.69, 9.17) is 36.1 Å². The lowest BCUT2D eigenvalue weighted by atomic mass is 9.72. The minimum Gasteiger partial charge on any atom is -0.444 e. The van der Waals surface area contributed by atoms with E-state index in [9.17, 15) is 4.79 Å². The Balaban J connectivity index is 1.13. The van der Waals surface area contributed by atoms with E-state index in [-0.39, 0.29) is 17.7 Å². The van der Waals surface area contributed by atoms with Crippen molar-refractivity contribution in [3.8, 4) is 11.1 Å². The Morgan fingerprint density at radius 3 is 2.46 bits per heavy atom. The molecule has 4 aliphatic rings. The number of ether oxygens (including phenoxy) is 2. The third-order valence-corrected chi connectivity index (χ3v) is 11.7. The first-order valence-electron chi connectivity index (χ1n) is 18.5. The van der Waals surface area contributed by atoms with Crippen LogP contribution in [0.4, 0.5) is 10.6 Å². The van der Waals surface area contributed by atoms with Gasteiger partial charge in [-0.3, -0.25) is 0 Å². The molecular formula is C39H50ClN7O3. The van der Waals surface area contributed by atoms with Gasteiger partial charge in [0.05, 0.1) is 17.2 Å². The normalized spacial score (nSPS) is 22.0. The third kappa shape index (κ3) is 6.32. The van der Waals surface area contributed by atoms with Crippen molar-refractivity contribution in [3.63, 3.8) is 0 Å². The number of aromatic nitrogens is 4. The summed E-state index contributed by atoms with van der Waals surface area (Å²) in [6.45, 7) is 14.0. The Bertz CT molecular complexity index is 1910. The number of aryl methyl sites for hydroxylation is 1. The van der Waals surface area contributed by atoms with Gasteiger partial charge < -0.3 is 24.2 Å². The first-order valence-corrected chi connectivity index (χ1v) is 18.9. The Morgan fingerprint density at radius 2 is 1.76 bits per heavy atom. The standard InChI is InChI=1S/C39H50ClN7O3/c1-25-9-10-32-29(22-41-47(32)33-8-6-7-19-49-33)34(25)27-21-31-28(20-30(27)40)36(43-35(42-31)26-11-15-44(5)16-12-26)45-17-13-39(14-18-45)23-46(24-39)37(48)50-38(2,3)4/h9-10,20-22,26,33H,6-8,11-19,23-24H2,1-5H3. The van der Waals surface area contributed by atoms with Gasteiger partial charge in [-0.25, -0.2) is 19.4 Å². The molecule has 0 saturated carbocycles. The number of hydrogen-bond acceptors (Lipinski definition) is 8. The van der Waals surface area contributed by atoms with Gasteiger partial charge in [0.25, 0.3) is 0 Å². The van der Waals surface area contributed by atoms with Crippen molar-refractivity contribution in [2.24, 2.45) is 5.41 Å². The summed E-state index contributed by atoms with van der Waals surface area (Å²) in [5, 5.41) is 7.59. The molecule has 10 nitrogen and oxygen atoms in total. The first-order chi connectivity index (χ1) is 24.0. The van der Waals surface area contributed by atoms with Crippen molar-refractivity contribution in [2.75, 3.05) is 57.8 Å². The molecule has 4 fully saturated rings. The molecule has 1 unspecified atom stereocenters. The van der Waals surface area contributed by atoms with Crippen LogP contribution in [0, 0.1) is 12.3 Å². The lowest BCUT2D eigenvalue weighted by Gasteiger charge is -2.53. The summed E-state index contributed by atoms with van der Waals surface area (Å²) < 4.78 is 13.8. The highest BCUT2D eigenvalue weighted by atomic mass is 35.5. The molecule has 4 aliphatic heterocycles. The summed E-state index contributed by atoms with van der Waals surface area (Å²) in [6, 6.07) is 8.60. The smallest absolute Gasteiger partial charge is 0.410 e. The fourth-order valence-electron chi connectivity index (χ4n) is 8.49. The predicted octanol–water partition coefficient (Wildman–Crippen LogP) is 7.95. The van der Waals surface area contributed by atoms with Gasteiger partial charge in [0.15, 0.2) is 6.23 Å². The monoisotopic (exact) mass is 699 g/mol. The summed E-state index contributed by atoms with van der Waals surface area (Å²) in [6.07, 6.45) is 9.04. The van der Waals surface area contributed by atoms with Crippen LogP contribution >= 0.6 is 11.6 Å². The maximum Gasteiger partial charge on any atom is 0.410 e. The number of anilines is 1. The van der Waals surface area contributed by atoms with Crippen molar-refractivity contribution in [3.05, 3.63) is 46.9 Å². The van der Waals surface area contributed by atoms with E-state index >= 15 is 0 Å². The highest BCUT2D eigenvalue weighted by Crippen LogP contribution is 2.45. The van der Waals surface area contributed by atoms with Crippen LogP contribution in [0.1, 0.15) is 89.3 Å². The van der Waals surface area contributed by atoms with Crippen molar-refractivity contribution < 1.29 is 14.3 Å². The molecule has 0 aliphatic carbocycles. The van der Waals surface area contributed by atoms with Crippen LogP contribution in [0.2, 0.25) is 5.02 Å². The van der Waals surface area contributed by atoms with Crippen LogP contribution in [0.25, 0.3) is 32.9 Å². The Morgan fingerprint density at radius 1 is 1.00 bits per heavy atom. The summed E-state index contributed by atoms with van der Waals surface area (Å²) in [5.41, 5.74) is 4.86. The summed E-state index contributed by atoms with van der Waals surface area (Å²) in [4.78, 5) is 30.0. The second-order valence-electron chi connectivity index (χ2n) is 16.3. The highest BCUT2D eigenvalue weighted by Gasteiger charge is 2.48. The van der Waals surface area contributed by atoms with E-state index in [1.165, 1.54) is 0 Å². The number of likely N-dealkylation sites (tertiary alicyclic amines) is 2. The fraction of sp³-hybridized carbons (Fsp3) is 0.590. The molecule has 4 saturated heterocycles. The number of nitrogens with zero attached hydrogens (tertiary/aromatic N) is 7. The Kier molecular flexibility index (Phi) is 8.71.